The first-order valence-electron chi connectivity index (χ1n) is 4.68. The van der Waals surface area contributed by atoms with E-state index < -0.39 is 0 Å². The first kappa shape index (κ1) is 12.4. The zero-order valence-electron chi connectivity index (χ0n) is 8.67. The SMILES string of the molecule is CCOCC(C)OC(CC)C(=N)N. The molecule has 0 saturated carbocycles. The lowest BCUT2D eigenvalue weighted by molar-refractivity contribution is -0.0235. The lowest BCUT2D eigenvalue weighted by atomic mass is 10.2. The van der Waals surface area contributed by atoms with Crippen LogP contribution in [0.5, 0.6) is 0 Å². The van der Waals surface area contributed by atoms with Gasteiger partial charge in [-0.05, 0) is 20.3 Å². The molecule has 2 unspecified atom stereocenters. The van der Waals surface area contributed by atoms with E-state index in [9.17, 15) is 0 Å². The largest absolute Gasteiger partial charge is 0.385 e. The standard InChI is InChI=1S/C9H20N2O2/c1-4-8(9(10)11)13-7(3)6-12-5-2/h7-8H,4-6H2,1-3H3,(H3,10,11). The van der Waals surface area contributed by atoms with Crippen molar-refractivity contribution in [2.75, 3.05) is 13.2 Å². The molecule has 13 heavy (non-hydrogen) atoms. The molecule has 3 N–H and O–H groups in total. The van der Waals surface area contributed by atoms with E-state index in [1.807, 2.05) is 20.8 Å². The van der Waals surface area contributed by atoms with E-state index in [4.69, 9.17) is 20.6 Å². The van der Waals surface area contributed by atoms with Crippen molar-refractivity contribution < 1.29 is 9.47 Å². The first-order valence-corrected chi connectivity index (χ1v) is 4.68. The van der Waals surface area contributed by atoms with E-state index in [-0.39, 0.29) is 18.0 Å². The summed E-state index contributed by atoms with van der Waals surface area (Å²) in [5.74, 6) is 0.0887. The van der Waals surface area contributed by atoms with E-state index in [0.717, 1.165) is 6.42 Å². The van der Waals surface area contributed by atoms with Gasteiger partial charge in [0.1, 0.15) is 11.9 Å². The number of hydrogen-bond acceptors (Lipinski definition) is 3. The van der Waals surface area contributed by atoms with Crippen LogP contribution in [0.25, 0.3) is 0 Å². The van der Waals surface area contributed by atoms with Crippen molar-refractivity contribution in [3.8, 4) is 0 Å². The summed E-state index contributed by atoms with van der Waals surface area (Å²) in [4.78, 5) is 0. The Bertz CT molecular complexity index is 151. The van der Waals surface area contributed by atoms with Crippen LogP contribution in [-0.2, 0) is 9.47 Å². The predicted octanol–water partition coefficient (Wildman–Crippen LogP) is 1.14. The first-order chi connectivity index (χ1) is 6.11. The number of nitrogens with two attached hydrogens (primary N) is 1. The molecule has 0 aromatic carbocycles. The quantitative estimate of drug-likeness (QED) is 0.465. The van der Waals surface area contributed by atoms with E-state index in [1.165, 1.54) is 0 Å². The Morgan fingerprint density at radius 3 is 2.46 bits per heavy atom. The van der Waals surface area contributed by atoms with Crippen LogP contribution in [0, 0.1) is 5.41 Å². The average molecular weight is 188 g/mol. The Morgan fingerprint density at radius 1 is 1.46 bits per heavy atom. The van der Waals surface area contributed by atoms with Crippen molar-refractivity contribution in [3.05, 3.63) is 0 Å². The molecule has 4 heteroatoms. The van der Waals surface area contributed by atoms with Gasteiger partial charge >= 0.3 is 0 Å². The molecular weight excluding hydrogens is 168 g/mol. The molecule has 0 aliphatic rings. The highest BCUT2D eigenvalue weighted by Gasteiger charge is 2.13. The molecular formula is C9H20N2O2. The average Bonchev–Trinajstić information content (AvgIpc) is 2.10. The normalized spacial score (nSPS) is 15.3. The van der Waals surface area contributed by atoms with Gasteiger partial charge in [0.15, 0.2) is 0 Å². The van der Waals surface area contributed by atoms with Gasteiger partial charge < -0.3 is 15.2 Å². The maximum atomic E-state index is 7.23. The second kappa shape index (κ2) is 6.86. The summed E-state index contributed by atoms with van der Waals surface area (Å²) < 4.78 is 10.7. The van der Waals surface area contributed by atoms with Crippen LogP contribution in [0.15, 0.2) is 0 Å². The van der Waals surface area contributed by atoms with Crippen molar-refractivity contribution in [1.82, 2.24) is 0 Å². The Balaban J connectivity index is 3.73. The molecule has 0 radical (unpaired) electrons. The van der Waals surface area contributed by atoms with Gasteiger partial charge in [0.2, 0.25) is 0 Å². The fourth-order valence-electron chi connectivity index (χ4n) is 0.993. The molecule has 0 heterocycles. The number of ether oxygens (including phenoxy) is 2. The highest BCUT2D eigenvalue weighted by atomic mass is 16.5. The van der Waals surface area contributed by atoms with E-state index in [2.05, 4.69) is 0 Å². The molecule has 0 amide bonds. The van der Waals surface area contributed by atoms with Crippen LogP contribution in [0.1, 0.15) is 27.2 Å². The molecule has 0 saturated heterocycles. The maximum absolute atomic E-state index is 7.23. The monoisotopic (exact) mass is 188 g/mol. The summed E-state index contributed by atoms with van der Waals surface area (Å²) in [6, 6.07) is 0. The molecule has 0 rings (SSSR count). The van der Waals surface area contributed by atoms with Crippen LogP contribution < -0.4 is 5.73 Å². The molecule has 0 spiro atoms. The topological polar surface area (TPSA) is 68.3 Å². The lowest BCUT2D eigenvalue weighted by Crippen LogP contribution is -2.34. The number of nitrogens with one attached hydrogen (secondary N) is 1. The smallest absolute Gasteiger partial charge is 0.120 e. The molecule has 0 bridgehead atoms. The highest BCUT2D eigenvalue weighted by molar-refractivity contribution is 5.81. The second-order valence-electron chi connectivity index (χ2n) is 2.96. The van der Waals surface area contributed by atoms with Gasteiger partial charge in [-0.25, -0.2) is 0 Å². The zero-order valence-corrected chi connectivity index (χ0v) is 8.67. The predicted molar refractivity (Wildman–Crippen MR) is 53.0 cm³/mol. The second-order valence-corrected chi connectivity index (χ2v) is 2.96. The zero-order chi connectivity index (χ0) is 10.3. The van der Waals surface area contributed by atoms with Gasteiger partial charge in [0, 0.05) is 6.61 Å². The van der Waals surface area contributed by atoms with E-state index in [1.54, 1.807) is 0 Å². The fraction of sp³-hybridized carbons (Fsp3) is 0.889. The third kappa shape index (κ3) is 5.60. The van der Waals surface area contributed by atoms with E-state index in [0.29, 0.717) is 13.2 Å². The van der Waals surface area contributed by atoms with Gasteiger partial charge in [-0.3, -0.25) is 5.41 Å². The van der Waals surface area contributed by atoms with Gasteiger partial charge in [-0.2, -0.15) is 0 Å². The van der Waals surface area contributed by atoms with Crippen molar-refractivity contribution in [1.29, 1.82) is 5.41 Å². The lowest BCUT2D eigenvalue weighted by Gasteiger charge is -2.19. The molecule has 0 aromatic heterocycles. The molecule has 4 nitrogen and oxygen atoms in total. The molecule has 0 aliphatic heterocycles. The van der Waals surface area contributed by atoms with Crippen LogP contribution in [0.4, 0.5) is 0 Å². The van der Waals surface area contributed by atoms with Gasteiger partial charge in [-0.15, -0.1) is 0 Å². The third-order valence-electron chi connectivity index (χ3n) is 1.67. The van der Waals surface area contributed by atoms with Crippen LogP contribution in [0.3, 0.4) is 0 Å². The van der Waals surface area contributed by atoms with Crippen molar-refractivity contribution >= 4 is 5.84 Å². The number of amidine groups is 1. The summed E-state index contributed by atoms with van der Waals surface area (Å²) in [6.07, 6.45) is 0.454. The minimum atomic E-state index is -0.268. The van der Waals surface area contributed by atoms with Gasteiger partial charge in [0.05, 0.1) is 12.7 Å². The molecule has 0 aromatic rings. The highest BCUT2D eigenvalue weighted by Crippen LogP contribution is 2.02. The van der Waals surface area contributed by atoms with Gasteiger partial charge in [-0.1, -0.05) is 6.92 Å². The van der Waals surface area contributed by atoms with E-state index >= 15 is 0 Å². The molecule has 0 fully saturated rings. The van der Waals surface area contributed by atoms with Crippen LogP contribution in [0.2, 0.25) is 0 Å². The third-order valence-corrected chi connectivity index (χ3v) is 1.67. The minimum absolute atomic E-state index is 0.00574. The summed E-state index contributed by atoms with van der Waals surface area (Å²) in [5, 5.41) is 7.23. The van der Waals surface area contributed by atoms with Crippen LogP contribution in [-0.4, -0.2) is 31.3 Å². The maximum Gasteiger partial charge on any atom is 0.120 e. The molecule has 0 aliphatic carbocycles. The molecule has 78 valence electrons. The summed E-state index contributed by atoms with van der Waals surface area (Å²) in [5.41, 5.74) is 5.34. The van der Waals surface area contributed by atoms with Crippen molar-refractivity contribution in [2.24, 2.45) is 5.73 Å². The fourth-order valence-corrected chi connectivity index (χ4v) is 0.993. The minimum Gasteiger partial charge on any atom is -0.385 e. The summed E-state index contributed by atoms with van der Waals surface area (Å²) >= 11 is 0. The van der Waals surface area contributed by atoms with Gasteiger partial charge in [0.25, 0.3) is 0 Å². The Hall–Kier alpha value is -0.610. The van der Waals surface area contributed by atoms with Crippen molar-refractivity contribution in [3.63, 3.8) is 0 Å². The summed E-state index contributed by atoms with van der Waals surface area (Å²) in [7, 11) is 0. The van der Waals surface area contributed by atoms with Crippen LogP contribution >= 0.6 is 0 Å². The Morgan fingerprint density at radius 2 is 2.08 bits per heavy atom. The summed E-state index contributed by atoms with van der Waals surface area (Å²) in [6.45, 7) is 7.04. The Labute approximate surface area is 79.9 Å². The molecule has 2 atom stereocenters. The number of hydrogen-bond donors (Lipinski definition) is 2. The van der Waals surface area contributed by atoms with Crippen molar-refractivity contribution in [2.45, 2.75) is 39.4 Å². The number of rotatable bonds is 7. The Kier molecular flexibility index (Phi) is 6.54.